The summed E-state index contributed by atoms with van der Waals surface area (Å²) < 4.78 is 0. The minimum Gasteiger partial charge on any atom is -0.357 e. The van der Waals surface area contributed by atoms with E-state index in [0.29, 0.717) is 5.92 Å². The lowest BCUT2D eigenvalue weighted by molar-refractivity contribution is 0.125. The van der Waals surface area contributed by atoms with Crippen molar-refractivity contribution in [2.75, 3.05) is 58.9 Å². The summed E-state index contributed by atoms with van der Waals surface area (Å²) in [6, 6.07) is 0. The van der Waals surface area contributed by atoms with Gasteiger partial charge in [-0.05, 0) is 26.3 Å². The van der Waals surface area contributed by atoms with Crippen LogP contribution in [0.4, 0.5) is 0 Å². The van der Waals surface area contributed by atoms with Crippen LogP contribution in [0.15, 0.2) is 10.4 Å². The summed E-state index contributed by atoms with van der Waals surface area (Å²) in [6.45, 7) is 18.4. The molecule has 1 unspecified atom stereocenters. The number of thiazole rings is 1. The molecule has 1 atom stereocenters. The van der Waals surface area contributed by atoms with E-state index in [2.05, 4.69) is 58.5 Å². The molecule has 148 valence electrons. The van der Waals surface area contributed by atoms with E-state index in [9.17, 15) is 0 Å². The number of likely N-dealkylation sites (N-methyl/N-ethyl adjacent to an activating group) is 1. The van der Waals surface area contributed by atoms with Gasteiger partial charge in [-0.2, -0.15) is 0 Å². The summed E-state index contributed by atoms with van der Waals surface area (Å²) in [7, 11) is 0. The Hall–Kier alpha value is -1.18. The maximum absolute atomic E-state index is 4.79. The molecule has 0 bridgehead atoms. The number of aliphatic imine (C=N–C) groups is 1. The number of guanidine groups is 1. The quantitative estimate of drug-likeness (QED) is 0.506. The van der Waals surface area contributed by atoms with Gasteiger partial charge in [0.25, 0.3) is 0 Å². The van der Waals surface area contributed by atoms with E-state index in [1.165, 1.54) is 32.7 Å². The molecular formula is C19H36N6S. The molecule has 2 N–H and O–H groups in total. The van der Waals surface area contributed by atoms with Gasteiger partial charge in [0, 0.05) is 64.2 Å². The molecule has 0 aliphatic carbocycles. The number of hydrogen-bond acceptors (Lipinski definition) is 5. The third-order valence-corrected chi connectivity index (χ3v) is 5.55. The first-order chi connectivity index (χ1) is 12.6. The fourth-order valence-electron chi connectivity index (χ4n) is 3.21. The second-order valence-corrected chi connectivity index (χ2v) is 8.16. The molecule has 1 aromatic heterocycles. The molecular weight excluding hydrogens is 344 g/mol. The van der Waals surface area contributed by atoms with Crippen molar-refractivity contribution in [1.82, 2.24) is 25.4 Å². The third-order valence-electron chi connectivity index (χ3n) is 4.73. The molecule has 1 saturated heterocycles. The van der Waals surface area contributed by atoms with Crippen LogP contribution in [0, 0.1) is 12.8 Å². The molecule has 0 aromatic carbocycles. The van der Waals surface area contributed by atoms with Gasteiger partial charge in [0.05, 0.1) is 10.7 Å². The average Bonchev–Trinajstić information content (AvgIpc) is 3.05. The van der Waals surface area contributed by atoms with Gasteiger partial charge >= 0.3 is 0 Å². The standard InChI is InChI=1S/C19H36N6S/c1-5-20-19(21-8-7-18-15-26-17(4)23-18)22-13-16(3)14-25-11-9-24(6-2)10-12-25/h15-16H,5-14H2,1-4H3,(H2,20,21,22). The number of nitrogens with one attached hydrogen (secondary N) is 2. The highest BCUT2D eigenvalue weighted by atomic mass is 32.1. The van der Waals surface area contributed by atoms with Gasteiger partial charge in [0.1, 0.15) is 0 Å². The molecule has 2 rings (SSSR count). The summed E-state index contributed by atoms with van der Waals surface area (Å²) in [5.74, 6) is 1.49. The normalized spacial score (nSPS) is 18.1. The van der Waals surface area contributed by atoms with Gasteiger partial charge in [-0.25, -0.2) is 4.98 Å². The van der Waals surface area contributed by atoms with Gasteiger partial charge in [-0.3, -0.25) is 4.99 Å². The number of aromatic nitrogens is 1. The zero-order valence-electron chi connectivity index (χ0n) is 16.9. The van der Waals surface area contributed by atoms with Crippen molar-refractivity contribution in [3.05, 3.63) is 16.1 Å². The minimum atomic E-state index is 0.569. The molecule has 1 aliphatic rings. The van der Waals surface area contributed by atoms with Crippen LogP contribution < -0.4 is 10.6 Å². The lowest BCUT2D eigenvalue weighted by Crippen LogP contribution is -2.47. The Bertz CT molecular complexity index is 536. The fourth-order valence-corrected chi connectivity index (χ4v) is 3.85. The van der Waals surface area contributed by atoms with Crippen LogP contribution in [0.2, 0.25) is 0 Å². The van der Waals surface area contributed by atoms with Crippen LogP contribution in [0.5, 0.6) is 0 Å². The van der Waals surface area contributed by atoms with Crippen molar-refractivity contribution in [1.29, 1.82) is 0 Å². The highest BCUT2D eigenvalue weighted by molar-refractivity contribution is 7.09. The minimum absolute atomic E-state index is 0.569. The number of rotatable bonds is 9. The fraction of sp³-hybridized carbons (Fsp3) is 0.789. The number of nitrogens with zero attached hydrogens (tertiary/aromatic N) is 4. The van der Waals surface area contributed by atoms with E-state index >= 15 is 0 Å². The number of hydrogen-bond donors (Lipinski definition) is 2. The Morgan fingerprint density at radius 1 is 1.23 bits per heavy atom. The third kappa shape index (κ3) is 7.60. The van der Waals surface area contributed by atoms with Gasteiger partial charge in [0.15, 0.2) is 5.96 Å². The molecule has 2 heterocycles. The van der Waals surface area contributed by atoms with Crippen LogP contribution >= 0.6 is 11.3 Å². The first-order valence-electron chi connectivity index (χ1n) is 9.98. The van der Waals surface area contributed by atoms with Crippen molar-refractivity contribution in [3.8, 4) is 0 Å². The Labute approximate surface area is 163 Å². The summed E-state index contributed by atoms with van der Waals surface area (Å²) >= 11 is 1.71. The van der Waals surface area contributed by atoms with Gasteiger partial charge in [-0.1, -0.05) is 13.8 Å². The van der Waals surface area contributed by atoms with E-state index in [1.54, 1.807) is 11.3 Å². The zero-order chi connectivity index (χ0) is 18.8. The van der Waals surface area contributed by atoms with Crippen molar-refractivity contribution in [3.63, 3.8) is 0 Å². The van der Waals surface area contributed by atoms with E-state index in [-0.39, 0.29) is 0 Å². The Balaban J connectivity index is 1.71. The Morgan fingerprint density at radius 3 is 2.58 bits per heavy atom. The maximum atomic E-state index is 4.79. The maximum Gasteiger partial charge on any atom is 0.191 e. The first kappa shape index (κ1) is 21.1. The van der Waals surface area contributed by atoms with Crippen molar-refractivity contribution in [2.45, 2.75) is 34.1 Å². The number of aryl methyl sites for hydroxylation is 1. The van der Waals surface area contributed by atoms with Crippen molar-refractivity contribution in [2.24, 2.45) is 10.9 Å². The monoisotopic (exact) mass is 380 g/mol. The molecule has 0 amide bonds. The van der Waals surface area contributed by atoms with Crippen LogP contribution in [0.3, 0.4) is 0 Å². The summed E-state index contributed by atoms with van der Waals surface area (Å²) in [6.07, 6.45) is 0.937. The smallest absolute Gasteiger partial charge is 0.191 e. The van der Waals surface area contributed by atoms with Crippen LogP contribution in [-0.4, -0.2) is 79.6 Å². The molecule has 0 radical (unpaired) electrons. The van der Waals surface area contributed by atoms with E-state index in [0.717, 1.165) is 49.3 Å². The molecule has 1 aromatic rings. The Kier molecular flexibility index (Phi) is 9.36. The molecule has 7 heteroatoms. The van der Waals surface area contributed by atoms with Gasteiger partial charge in [0.2, 0.25) is 0 Å². The molecule has 1 fully saturated rings. The predicted molar refractivity (Wildman–Crippen MR) is 112 cm³/mol. The molecule has 26 heavy (non-hydrogen) atoms. The highest BCUT2D eigenvalue weighted by Crippen LogP contribution is 2.08. The average molecular weight is 381 g/mol. The molecule has 0 spiro atoms. The van der Waals surface area contributed by atoms with Crippen LogP contribution in [0.25, 0.3) is 0 Å². The predicted octanol–water partition coefficient (Wildman–Crippen LogP) is 1.82. The van der Waals surface area contributed by atoms with Crippen molar-refractivity contribution >= 4 is 17.3 Å². The molecule has 6 nitrogen and oxygen atoms in total. The van der Waals surface area contributed by atoms with Crippen LogP contribution in [0.1, 0.15) is 31.5 Å². The number of piperazine rings is 1. The largest absolute Gasteiger partial charge is 0.357 e. The van der Waals surface area contributed by atoms with Gasteiger partial charge in [-0.15, -0.1) is 11.3 Å². The van der Waals surface area contributed by atoms with E-state index < -0.39 is 0 Å². The second kappa shape index (κ2) is 11.5. The summed E-state index contributed by atoms with van der Waals surface area (Å²) in [4.78, 5) is 14.4. The second-order valence-electron chi connectivity index (χ2n) is 7.09. The summed E-state index contributed by atoms with van der Waals surface area (Å²) in [5, 5.41) is 10.1. The highest BCUT2D eigenvalue weighted by Gasteiger charge is 2.17. The lowest BCUT2D eigenvalue weighted by atomic mass is 10.1. The SMILES string of the molecule is CCNC(=NCC(C)CN1CCN(CC)CC1)NCCc1csc(C)n1. The zero-order valence-corrected chi connectivity index (χ0v) is 17.7. The topological polar surface area (TPSA) is 55.8 Å². The van der Waals surface area contributed by atoms with Crippen LogP contribution in [-0.2, 0) is 6.42 Å². The van der Waals surface area contributed by atoms with Gasteiger partial charge < -0.3 is 20.4 Å². The van der Waals surface area contributed by atoms with Crippen molar-refractivity contribution < 1.29 is 0 Å². The molecule has 0 saturated carbocycles. The first-order valence-corrected chi connectivity index (χ1v) is 10.9. The van der Waals surface area contributed by atoms with E-state index in [1.807, 2.05) is 0 Å². The molecule has 1 aliphatic heterocycles. The Morgan fingerprint density at radius 2 is 1.96 bits per heavy atom. The van der Waals surface area contributed by atoms with E-state index in [4.69, 9.17) is 4.99 Å². The lowest BCUT2D eigenvalue weighted by Gasteiger charge is -2.35. The summed E-state index contributed by atoms with van der Waals surface area (Å²) in [5.41, 5.74) is 1.16.